The van der Waals surface area contributed by atoms with Gasteiger partial charge in [-0.15, -0.1) is 0 Å². The first-order chi connectivity index (χ1) is 4.68. The fourth-order valence-electron chi connectivity index (χ4n) is 0.862. The SMILES string of the molecule is CN(C)CC1CSC(=O)S1. The quantitative estimate of drug-likeness (QED) is 0.637. The Kier molecular flexibility index (Phi) is 3.07. The van der Waals surface area contributed by atoms with Crippen LogP contribution in [0.2, 0.25) is 0 Å². The second-order valence-electron chi connectivity index (χ2n) is 2.56. The number of hydrogen-bond acceptors (Lipinski definition) is 4. The second-order valence-corrected chi connectivity index (χ2v) is 5.09. The van der Waals surface area contributed by atoms with Gasteiger partial charge in [-0.2, -0.15) is 0 Å². The van der Waals surface area contributed by atoms with Crippen LogP contribution < -0.4 is 0 Å². The van der Waals surface area contributed by atoms with Crippen molar-refractivity contribution in [1.29, 1.82) is 0 Å². The van der Waals surface area contributed by atoms with Gasteiger partial charge in [0, 0.05) is 17.5 Å². The highest BCUT2D eigenvalue weighted by atomic mass is 32.2. The third-order valence-electron chi connectivity index (χ3n) is 1.22. The molecule has 0 aliphatic carbocycles. The highest BCUT2D eigenvalue weighted by Crippen LogP contribution is 2.32. The van der Waals surface area contributed by atoms with E-state index in [-0.39, 0.29) is 4.45 Å². The minimum absolute atomic E-state index is 0.284. The van der Waals surface area contributed by atoms with E-state index in [9.17, 15) is 4.79 Å². The van der Waals surface area contributed by atoms with Crippen LogP contribution in [0.1, 0.15) is 0 Å². The first-order valence-corrected chi connectivity index (χ1v) is 5.03. The lowest BCUT2D eigenvalue weighted by Gasteiger charge is -2.12. The van der Waals surface area contributed by atoms with Crippen LogP contribution in [0.25, 0.3) is 0 Å². The lowest BCUT2D eigenvalue weighted by Crippen LogP contribution is -2.23. The van der Waals surface area contributed by atoms with E-state index in [1.807, 2.05) is 14.1 Å². The van der Waals surface area contributed by atoms with Crippen LogP contribution in [0, 0.1) is 0 Å². The number of hydrogen-bond donors (Lipinski definition) is 0. The van der Waals surface area contributed by atoms with Crippen molar-refractivity contribution < 1.29 is 4.79 Å². The average Bonchev–Trinajstić information content (AvgIpc) is 2.13. The molecule has 0 aromatic rings. The molecule has 0 amide bonds. The maximum atomic E-state index is 10.7. The number of carbonyl (C=O) groups excluding carboxylic acids is 1. The highest BCUT2D eigenvalue weighted by Gasteiger charge is 2.23. The van der Waals surface area contributed by atoms with Crippen LogP contribution in [0.3, 0.4) is 0 Å². The molecule has 0 bridgehead atoms. The average molecular weight is 177 g/mol. The standard InChI is InChI=1S/C6H11NOS2/c1-7(2)3-5-4-9-6(8)10-5/h5H,3-4H2,1-2H3. The van der Waals surface area contributed by atoms with Gasteiger partial charge in [0.15, 0.2) is 0 Å². The van der Waals surface area contributed by atoms with Gasteiger partial charge in [0.1, 0.15) is 0 Å². The first-order valence-electron chi connectivity index (χ1n) is 3.16. The highest BCUT2D eigenvalue weighted by molar-refractivity contribution is 8.41. The lowest BCUT2D eigenvalue weighted by molar-refractivity contribution is 0.277. The van der Waals surface area contributed by atoms with Crippen molar-refractivity contribution in [3.8, 4) is 0 Å². The zero-order valence-electron chi connectivity index (χ0n) is 6.16. The Bertz CT molecular complexity index is 138. The maximum Gasteiger partial charge on any atom is 0.246 e. The molecule has 1 aliphatic rings. The van der Waals surface area contributed by atoms with E-state index in [0.29, 0.717) is 5.25 Å². The van der Waals surface area contributed by atoms with Gasteiger partial charge in [-0.25, -0.2) is 0 Å². The predicted octanol–water partition coefficient (Wildman–Crippen LogP) is 1.52. The largest absolute Gasteiger partial charge is 0.308 e. The van der Waals surface area contributed by atoms with Crippen molar-refractivity contribution in [3.63, 3.8) is 0 Å². The number of nitrogens with zero attached hydrogens (tertiary/aromatic N) is 1. The Morgan fingerprint density at radius 1 is 1.70 bits per heavy atom. The van der Waals surface area contributed by atoms with E-state index >= 15 is 0 Å². The van der Waals surface area contributed by atoms with Crippen LogP contribution in [0.15, 0.2) is 0 Å². The van der Waals surface area contributed by atoms with Gasteiger partial charge in [-0.1, -0.05) is 23.5 Å². The van der Waals surface area contributed by atoms with Gasteiger partial charge in [-0.3, -0.25) is 4.79 Å². The molecule has 0 aromatic carbocycles. The molecule has 0 radical (unpaired) electrons. The van der Waals surface area contributed by atoms with Gasteiger partial charge in [0.05, 0.1) is 0 Å². The summed E-state index contributed by atoms with van der Waals surface area (Å²) >= 11 is 2.92. The Morgan fingerprint density at radius 3 is 2.80 bits per heavy atom. The summed E-state index contributed by atoms with van der Waals surface area (Å²) in [6, 6.07) is 0. The third kappa shape index (κ3) is 2.52. The first kappa shape index (κ1) is 8.43. The van der Waals surface area contributed by atoms with Crippen LogP contribution >= 0.6 is 23.5 Å². The van der Waals surface area contributed by atoms with Gasteiger partial charge < -0.3 is 4.90 Å². The van der Waals surface area contributed by atoms with Crippen LogP contribution in [-0.2, 0) is 0 Å². The molecule has 0 aromatic heterocycles. The molecule has 1 atom stereocenters. The lowest BCUT2D eigenvalue weighted by atomic mass is 10.4. The summed E-state index contributed by atoms with van der Waals surface area (Å²) in [5.74, 6) is 0.988. The van der Waals surface area contributed by atoms with Crippen molar-refractivity contribution in [2.24, 2.45) is 0 Å². The van der Waals surface area contributed by atoms with E-state index in [0.717, 1.165) is 12.3 Å². The van der Waals surface area contributed by atoms with E-state index in [1.165, 1.54) is 23.5 Å². The van der Waals surface area contributed by atoms with Crippen molar-refractivity contribution in [2.45, 2.75) is 5.25 Å². The molecule has 1 heterocycles. The van der Waals surface area contributed by atoms with Crippen LogP contribution in [0.5, 0.6) is 0 Å². The van der Waals surface area contributed by atoms with Crippen molar-refractivity contribution >= 4 is 28.0 Å². The Balaban J connectivity index is 2.24. The normalized spacial score (nSPS) is 26.3. The third-order valence-corrected chi connectivity index (χ3v) is 3.72. The molecular formula is C6H11NOS2. The van der Waals surface area contributed by atoms with Gasteiger partial charge in [0.25, 0.3) is 0 Å². The Labute approximate surface area is 69.7 Å². The molecule has 4 heteroatoms. The van der Waals surface area contributed by atoms with Crippen LogP contribution in [0.4, 0.5) is 4.79 Å². The van der Waals surface area contributed by atoms with E-state index < -0.39 is 0 Å². The summed E-state index contributed by atoms with van der Waals surface area (Å²) in [6.45, 7) is 1.02. The molecule has 0 N–H and O–H groups in total. The fourth-order valence-corrected chi connectivity index (χ4v) is 3.30. The fraction of sp³-hybridized carbons (Fsp3) is 0.833. The van der Waals surface area contributed by atoms with Crippen LogP contribution in [-0.4, -0.2) is 41.0 Å². The minimum atomic E-state index is 0.284. The van der Waals surface area contributed by atoms with E-state index in [1.54, 1.807) is 0 Å². The molecule has 0 spiro atoms. The zero-order chi connectivity index (χ0) is 7.56. The number of carbonyl (C=O) groups is 1. The summed E-state index contributed by atoms with van der Waals surface area (Å²) in [6.07, 6.45) is 0. The minimum Gasteiger partial charge on any atom is -0.308 e. The monoisotopic (exact) mass is 177 g/mol. The molecule has 1 rings (SSSR count). The van der Waals surface area contributed by atoms with Crippen molar-refractivity contribution in [1.82, 2.24) is 4.90 Å². The topological polar surface area (TPSA) is 20.3 Å². The summed E-state index contributed by atoms with van der Waals surface area (Å²) in [4.78, 5) is 12.9. The number of thioether (sulfide) groups is 2. The van der Waals surface area contributed by atoms with Crippen molar-refractivity contribution in [3.05, 3.63) is 0 Å². The van der Waals surface area contributed by atoms with Gasteiger partial charge in [0.2, 0.25) is 4.45 Å². The molecule has 10 heavy (non-hydrogen) atoms. The number of rotatable bonds is 2. The Hall–Kier alpha value is 0.330. The summed E-state index contributed by atoms with van der Waals surface area (Å²) in [5.41, 5.74) is 0. The molecule has 2 nitrogen and oxygen atoms in total. The zero-order valence-corrected chi connectivity index (χ0v) is 7.80. The molecule has 1 saturated heterocycles. The summed E-state index contributed by atoms with van der Waals surface area (Å²) in [7, 11) is 4.07. The van der Waals surface area contributed by atoms with Crippen molar-refractivity contribution in [2.75, 3.05) is 26.4 Å². The van der Waals surface area contributed by atoms with E-state index in [4.69, 9.17) is 0 Å². The predicted molar refractivity (Wildman–Crippen MR) is 47.8 cm³/mol. The molecule has 1 aliphatic heterocycles. The summed E-state index contributed by atoms with van der Waals surface area (Å²) in [5, 5.41) is 0.521. The molecular weight excluding hydrogens is 166 g/mol. The second kappa shape index (κ2) is 3.64. The molecule has 0 saturated carbocycles. The molecule has 58 valence electrons. The molecule has 1 unspecified atom stereocenters. The smallest absolute Gasteiger partial charge is 0.246 e. The summed E-state index contributed by atoms with van der Waals surface area (Å²) < 4.78 is 0.284. The molecule has 1 fully saturated rings. The Morgan fingerprint density at radius 2 is 2.40 bits per heavy atom. The van der Waals surface area contributed by atoms with Gasteiger partial charge in [-0.05, 0) is 14.1 Å². The van der Waals surface area contributed by atoms with Gasteiger partial charge >= 0.3 is 0 Å². The maximum absolute atomic E-state index is 10.7. The van der Waals surface area contributed by atoms with E-state index in [2.05, 4.69) is 4.90 Å².